The molecule has 1 saturated heterocycles. The molecule has 0 saturated carbocycles. The molecule has 5 heteroatoms. The van der Waals surface area contributed by atoms with Crippen LogP contribution in [0, 0.1) is 5.82 Å². The van der Waals surface area contributed by atoms with Crippen molar-refractivity contribution in [1.82, 2.24) is 9.55 Å². The number of rotatable bonds is 4. The fourth-order valence-electron chi connectivity index (χ4n) is 3.24. The third-order valence-corrected chi connectivity index (χ3v) is 4.47. The zero-order valence-electron chi connectivity index (χ0n) is 12.4. The second kappa shape index (κ2) is 5.73. The molecule has 1 aliphatic rings. The van der Waals surface area contributed by atoms with Crippen molar-refractivity contribution >= 4 is 11.0 Å². The van der Waals surface area contributed by atoms with Gasteiger partial charge in [0.25, 0.3) is 0 Å². The van der Waals surface area contributed by atoms with E-state index < -0.39 is 0 Å². The summed E-state index contributed by atoms with van der Waals surface area (Å²) in [7, 11) is 0. The number of benzene rings is 1. The van der Waals surface area contributed by atoms with Crippen LogP contribution in [0.2, 0.25) is 0 Å². The van der Waals surface area contributed by atoms with Gasteiger partial charge in [0, 0.05) is 37.8 Å². The van der Waals surface area contributed by atoms with Gasteiger partial charge in [-0.25, -0.2) is 9.37 Å². The summed E-state index contributed by atoms with van der Waals surface area (Å²) in [4.78, 5) is 4.75. The van der Waals surface area contributed by atoms with Crippen LogP contribution < -0.4 is 5.73 Å². The minimum absolute atomic E-state index is 0.150. The average molecular weight is 291 g/mol. The van der Waals surface area contributed by atoms with E-state index in [4.69, 9.17) is 15.5 Å². The summed E-state index contributed by atoms with van der Waals surface area (Å²) in [5, 5.41) is 0. The van der Waals surface area contributed by atoms with Gasteiger partial charge >= 0.3 is 0 Å². The van der Waals surface area contributed by atoms with E-state index in [1.165, 1.54) is 12.1 Å². The molecule has 2 heterocycles. The van der Waals surface area contributed by atoms with Crippen LogP contribution in [0.5, 0.6) is 0 Å². The van der Waals surface area contributed by atoms with Crippen molar-refractivity contribution in [3.8, 4) is 0 Å². The second-order valence-corrected chi connectivity index (χ2v) is 5.82. The van der Waals surface area contributed by atoms with Gasteiger partial charge in [0.05, 0.1) is 11.0 Å². The number of imidazole rings is 1. The average Bonchev–Trinajstić information content (AvgIpc) is 2.87. The molecule has 0 atom stereocenters. The molecule has 1 aliphatic heterocycles. The summed E-state index contributed by atoms with van der Waals surface area (Å²) in [6.07, 6.45) is 2.75. The molecular weight excluding hydrogens is 269 g/mol. The molecule has 0 bridgehead atoms. The lowest BCUT2D eigenvalue weighted by atomic mass is 9.79. The van der Waals surface area contributed by atoms with E-state index in [9.17, 15) is 4.39 Å². The smallest absolute Gasteiger partial charge is 0.125 e. The van der Waals surface area contributed by atoms with Crippen molar-refractivity contribution < 1.29 is 9.13 Å². The molecule has 2 aromatic rings. The maximum atomic E-state index is 13.5. The van der Waals surface area contributed by atoms with E-state index in [0.29, 0.717) is 19.8 Å². The van der Waals surface area contributed by atoms with Gasteiger partial charge in [0.1, 0.15) is 11.6 Å². The quantitative estimate of drug-likeness (QED) is 0.942. The predicted octanol–water partition coefficient (Wildman–Crippen LogP) is 2.59. The number of fused-ring (bicyclic) bond motifs is 1. The highest BCUT2D eigenvalue weighted by Gasteiger charge is 2.37. The van der Waals surface area contributed by atoms with Gasteiger partial charge in [-0.15, -0.1) is 0 Å². The summed E-state index contributed by atoms with van der Waals surface area (Å²) < 4.78 is 21.2. The van der Waals surface area contributed by atoms with E-state index in [1.807, 2.05) is 6.07 Å². The normalized spacial score (nSPS) is 18.2. The second-order valence-electron chi connectivity index (χ2n) is 5.82. The van der Waals surface area contributed by atoms with Crippen LogP contribution in [0.25, 0.3) is 11.0 Å². The van der Waals surface area contributed by atoms with Crippen LogP contribution in [0.1, 0.15) is 32.0 Å². The molecule has 1 aromatic heterocycles. The fourth-order valence-corrected chi connectivity index (χ4v) is 3.24. The molecule has 114 valence electrons. The molecule has 1 fully saturated rings. The first-order chi connectivity index (χ1) is 10.2. The maximum Gasteiger partial charge on any atom is 0.125 e. The summed E-state index contributed by atoms with van der Waals surface area (Å²) in [5.41, 5.74) is 7.67. The molecule has 0 aliphatic carbocycles. The van der Waals surface area contributed by atoms with Gasteiger partial charge in [0.2, 0.25) is 0 Å². The Morgan fingerprint density at radius 1 is 1.38 bits per heavy atom. The fraction of sp³-hybridized carbons (Fsp3) is 0.562. The number of nitrogens with two attached hydrogens (primary N) is 1. The summed E-state index contributed by atoms with van der Waals surface area (Å²) in [6.45, 7) is 4.98. The molecular formula is C16H22FN3O. The first-order valence-corrected chi connectivity index (χ1v) is 7.64. The Labute approximate surface area is 124 Å². The number of halogens is 1. The van der Waals surface area contributed by atoms with Crippen LogP contribution in [-0.4, -0.2) is 29.3 Å². The molecule has 21 heavy (non-hydrogen) atoms. The Kier molecular flexibility index (Phi) is 3.95. The van der Waals surface area contributed by atoms with E-state index >= 15 is 0 Å². The van der Waals surface area contributed by atoms with Crippen LogP contribution in [-0.2, 0) is 16.7 Å². The number of hydrogen-bond acceptors (Lipinski definition) is 3. The van der Waals surface area contributed by atoms with Gasteiger partial charge in [-0.05, 0) is 31.4 Å². The minimum Gasteiger partial charge on any atom is -0.381 e. The van der Waals surface area contributed by atoms with E-state index in [0.717, 1.165) is 42.7 Å². The van der Waals surface area contributed by atoms with E-state index in [2.05, 4.69) is 11.5 Å². The lowest BCUT2D eigenvalue weighted by Gasteiger charge is -2.35. The van der Waals surface area contributed by atoms with Crippen molar-refractivity contribution in [3.63, 3.8) is 0 Å². The molecule has 0 radical (unpaired) electrons. The molecule has 1 aromatic carbocycles. The molecule has 3 rings (SSSR count). The van der Waals surface area contributed by atoms with Crippen LogP contribution in [0.15, 0.2) is 18.2 Å². The third-order valence-electron chi connectivity index (χ3n) is 4.47. The van der Waals surface area contributed by atoms with Crippen LogP contribution in [0.3, 0.4) is 0 Å². The summed E-state index contributed by atoms with van der Waals surface area (Å²) >= 11 is 0. The Bertz CT molecular complexity index is 632. The van der Waals surface area contributed by atoms with Gasteiger partial charge in [-0.3, -0.25) is 0 Å². The molecule has 2 N–H and O–H groups in total. The highest BCUT2D eigenvalue weighted by atomic mass is 19.1. The van der Waals surface area contributed by atoms with Crippen molar-refractivity contribution in [1.29, 1.82) is 0 Å². The molecule has 0 spiro atoms. The van der Waals surface area contributed by atoms with Gasteiger partial charge in [-0.2, -0.15) is 0 Å². The minimum atomic E-state index is -0.246. The zero-order valence-corrected chi connectivity index (χ0v) is 12.4. The lowest BCUT2D eigenvalue weighted by Crippen LogP contribution is -2.42. The Balaban J connectivity index is 2.17. The summed E-state index contributed by atoms with van der Waals surface area (Å²) in [6, 6.07) is 4.83. The highest BCUT2D eigenvalue weighted by molar-refractivity contribution is 5.76. The zero-order chi connectivity index (χ0) is 14.9. The maximum absolute atomic E-state index is 13.5. The van der Waals surface area contributed by atoms with Crippen LogP contribution >= 0.6 is 0 Å². The first kappa shape index (κ1) is 14.5. The van der Waals surface area contributed by atoms with Crippen LogP contribution in [0.4, 0.5) is 4.39 Å². The summed E-state index contributed by atoms with van der Waals surface area (Å²) in [5.74, 6) is 0.750. The third kappa shape index (κ3) is 2.45. The molecule has 4 nitrogen and oxygen atoms in total. The van der Waals surface area contributed by atoms with Crippen molar-refractivity contribution in [3.05, 3.63) is 29.8 Å². The Morgan fingerprint density at radius 3 is 2.81 bits per heavy atom. The van der Waals surface area contributed by atoms with Crippen molar-refractivity contribution in [2.24, 2.45) is 5.73 Å². The van der Waals surface area contributed by atoms with Gasteiger partial charge in [-0.1, -0.05) is 6.92 Å². The SMILES string of the molecule is CCCn1c(C2(CN)CCOCC2)nc2cc(F)ccc21. The van der Waals surface area contributed by atoms with Gasteiger partial charge < -0.3 is 15.0 Å². The Hall–Kier alpha value is -1.46. The molecule has 0 unspecified atom stereocenters. The Morgan fingerprint density at radius 2 is 2.14 bits per heavy atom. The number of aryl methyl sites for hydroxylation is 1. The standard InChI is InChI=1S/C16H22FN3O/c1-2-7-20-14-4-3-12(17)10-13(14)19-15(20)16(11-18)5-8-21-9-6-16/h3-4,10H,2,5-9,11,18H2,1H3. The van der Waals surface area contributed by atoms with E-state index in [-0.39, 0.29) is 11.2 Å². The monoisotopic (exact) mass is 291 g/mol. The largest absolute Gasteiger partial charge is 0.381 e. The van der Waals surface area contributed by atoms with E-state index in [1.54, 1.807) is 0 Å². The lowest BCUT2D eigenvalue weighted by molar-refractivity contribution is 0.0488. The number of aromatic nitrogens is 2. The number of nitrogens with zero attached hydrogens (tertiary/aromatic N) is 2. The number of hydrogen-bond donors (Lipinski definition) is 1. The van der Waals surface area contributed by atoms with Crippen molar-refractivity contribution in [2.45, 2.75) is 38.1 Å². The topological polar surface area (TPSA) is 53.1 Å². The first-order valence-electron chi connectivity index (χ1n) is 7.64. The van der Waals surface area contributed by atoms with Crippen molar-refractivity contribution in [2.75, 3.05) is 19.8 Å². The number of ether oxygens (including phenoxy) is 1. The molecule has 0 amide bonds. The predicted molar refractivity (Wildman–Crippen MR) is 80.8 cm³/mol. The van der Waals surface area contributed by atoms with Gasteiger partial charge in [0.15, 0.2) is 0 Å². The highest BCUT2D eigenvalue weighted by Crippen LogP contribution is 2.35.